The van der Waals surface area contributed by atoms with Crippen molar-refractivity contribution in [2.75, 3.05) is 26.5 Å². The molecule has 0 amide bonds. The van der Waals surface area contributed by atoms with Gasteiger partial charge in [-0.05, 0) is 31.5 Å². The lowest BCUT2D eigenvalue weighted by Gasteiger charge is -2.34. The molecule has 3 atom stereocenters. The molecule has 22 heavy (non-hydrogen) atoms. The molecule has 0 N–H and O–H groups in total. The van der Waals surface area contributed by atoms with Gasteiger partial charge in [-0.3, -0.25) is 9.88 Å². The maximum absolute atomic E-state index is 12.1. The first-order chi connectivity index (χ1) is 10.5. The van der Waals surface area contributed by atoms with Crippen molar-refractivity contribution in [2.24, 2.45) is 0 Å². The quantitative estimate of drug-likeness (QED) is 0.816. The fraction of sp³-hybridized carbons (Fsp3) is 0.667. The molecule has 0 radical (unpaired) electrons. The third-order valence-corrected chi connectivity index (χ3v) is 5.87. The molecule has 2 aliphatic rings. The van der Waals surface area contributed by atoms with Crippen LogP contribution in [0.15, 0.2) is 24.5 Å². The Bertz CT molecular complexity index is 608. The highest BCUT2D eigenvalue weighted by atomic mass is 32.2. The lowest BCUT2D eigenvalue weighted by Crippen LogP contribution is -2.46. The fourth-order valence-electron chi connectivity index (χ4n) is 3.55. The molecule has 1 aromatic rings. The summed E-state index contributed by atoms with van der Waals surface area (Å²) in [7, 11) is -1.17. The summed E-state index contributed by atoms with van der Waals surface area (Å²) < 4.78 is 31.7. The van der Waals surface area contributed by atoms with Gasteiger partial charge < -0.3 is 4.74 Å². The Hall–Kier alpha value is -1.02. The van der Waals surface area contributed by atoms with E-state index < -0.39 is 10.0 Å². The minimum Gasteiger partial charge on any atom is -0.375 e. The van der Waals surface area contributed by atoms with Crippen LogP contribution in [0.1, 0.15) is 18.4 Å². The zero-order valence-corrected chi connectivity index (χ0v) is 13.9. The van der Waals surface area contributed by atoms with Crippen LogP contribution in [0.3, 0.4) is 0 Å². The third kappa shape index (κ3) is 3.17. The third-order valence-electron chi connectivity index (χ3n) is 4.60. The summed E-state index contributed by atoms with van der Waals surface area (Å²) in [4.78, 5) is 6.32. The molecule has 1 aromatic heterocycles. The van der Waals surface area contributed by atoms with E-state index in [1.807, 2.05) is 25.4 Å². The van der Waals surface area contributed by atoms with Crippen molar-refractivity contribution in [3.63, 3.8) is 0 Å². The van der Waals surface area contributed by atoms with Gasteiger partial charge >= 0.3 is 0 Å². The summed E-state index contributed by atoms with van der Waals surface area (Å²) in [6.07, 6.45) is 6.66. The van der Waals surface area contributed by atoms with Crippen LogP contribution in [0.2, 0.25) is 0 Å². The number of ether oxygens (including phenoxy) is 1. The normalized spacial score (nSPS) is 29.7. The molecule has 3 heterocycles. The van der Waals surface area contributed by atoms with Gasteiger partial charge in [0.05, 0.1) is 24.4 Å². The zero-order chi connectivity index (χ0) is 15.7. The van der Waals surface area contributed by atoms with Crippen molar-refractivity contribution >= 4 is 10.0 Å². The minimum atomic E-state index is -3.20. The molecule has 6 nitrogen and oxygen atoms in total. The van der Waals surface area contributed by atoms with Gasteiger partial charge in [-0.25, -0.2) is 8.42 Å². The van der Waals surface area contributed by atoms with E-state index in [1.54, 1.807) is 10.5 Å². The second-order valence-electron chi connectivity index (χ2n) is 6.22. The van der Waals surface area contributed by atoms with E-state index in [-0.39, 0.29) is 18.2 Å². The number of likely N-dealkylation sites (N-methyl/N-ethyl adjacent to an activating group) is 1. The highest BCUT2D eigenvalue weighted by Gasteiger charge is 2.48. The smallest absolute Gasteiger partial charge is 0.211 e. The van der Waals surface area contributed by atoms with Crippen LogP contribution in [0, 0.1) is 0 Å². The maximum atomic E-state index is 12.1. The molecule has 0 aliphatic carbocycles. The van der Waals surface area contributed by atoms with Gasteiger partial charge in [0, 0.05) is 32.1 Å². The second kappa shape index (κ2) is 6.23. The van der Waals surface area contributed by atoms with Crippen LogP contribution in [0.4, 0.5) is 0 Å². The fourth-order valence-corrected chi connectivity index (χ4v) is 4.70. The van der Waals surface area contributed by atoms with Gasteiger partial charge in [-0.2, -0.15) is 4.31 Å². The number of fused-ring (bicyclic) bond motifs is 1. The Morgan fingerprint density at radius 3 is 3.00 bits per heavy atom. The lowest BCUT2D eigenvalue weighted by atomic mass is 10.0. The van der Waals surface area contributed by atoms with E-state index in [0.29, 0.717) is 6.54 Å². The topological polar surface area (TPSA) is 62.7 Å². The second-order valence-corrected chi connectivity index (χ2v) is 8.16. The highest BCUT2D eigenvalue weighted by molar-refractivity contribution is 7.88. The molecule has 0 unspecified atom stereocenters. The van der Waals surface area contributed by atoms with Crippen molar-refractivity contribution in [3.8, 4) is 0 Å². The number of hydrogen-bond acceptors (Lipinski definition) is 5. The molecule has 2 fully saturated rings. The first-order valence-electron chi connectivity index (χ1n) is 7.64. The van der Waals surface area contributed by atoms with E-state index >= 15 is 0 Å². The Labute approximate surface area is 132 Å². The van der Waals surface area contributed by atoms with E-state index in [9.17, 15) is 8.42 Å². The van der Waals surface area contributed by atoms with Crippen LogP contribution in [0.25, 0.3) is 0 Å². The number of rotatable bonds is 4. The van der Waals surface area contributed by atoms with Crippen molar-refractivity contribution < 1.29 is 13.2 Å². The maximum Gasteiger partial charge on any atom is 0.211 e. The van der Waals surface area contributed by atoms with Crippen LogP contribution in [-0.2, 0) is 21.3 Å². The summed E-state index contributed by atoms with van der Waals surface area (Å²) in [6, 6.07) is 4.01. The van der Waals surface area contributed by atoms with Crippen molar-refractivity contribution in [1.82, 2.24) is 14.2 Å². The monoisotopic (exact) mass is 325 g/mol. The highest BCUT2D eigenvalue weighted by Crippen LogP contribution is 2.33. The SMILES string of the molecule is CN(Cc1cccnc1)[C@@H]1CN(S(C)(=O)=O)[C@@H]2CCCO[C@H]12. The van der Waals surface area contributed by atoms with Crippen molar-refractivity contribution in [3.05, 3.63) is 30.1 Å². The number of pyridine rings is 1. The predicted molar refractivity (Wildman–Crippen MR) is 83.8 cm³/mol. The molecule has 2 saturated heterocycles. The predicted octanol–water partition coefficient (Wildman–Crippen LogP) is 0.705. The average Bonchev–Trinajstić information content (AvgIpc) is 2.88. The molecule has 7 heteroatoms. The number of sulfonamides is 1. The Kier molecular flexibility index (Phi) is 4.49. The van der Waals surface area contributed by atoms with E-state index in [1.165, 1.54) is 6.26 Å². The standard InChI is InChI=1S/C15H23N3O3S/c1-17(10-12-5-3-7-16-9-12)14-11-18(22(2,19)20)13-6-4-8-21-15(13)14/h3,5,7,9,13-15H,4,6,8,10-11H2,1-2H3/t13-,14-,15+/m1/s1. The van der Waals surface area contributed by atoms with Gasteiger partial charge in [-0.15, -0.1) is 0 Å². The van der Waals surface area contributed by atoms with E-state index in [0.717, 1.165) is 31.6 Å². The Balaban J connectivity index is 1.78. The Morgan fingerprint density at radius 1 is 1.50 bits per heavy atom. The van der Waals surface area contributed by atoms with Crippen LogP contribution in [-0.4, -0.2) is 67.2 Å². The zero-order valence-electron chi connectivity index (χ0n) is 13.1. The van der Waals surface area contributed by atoms with Gasteiger partial charge in [0.15, 0.2) is 0 Å². The largest absolute Gasteiger partial charge is 0.375 e. The van der Waals surface area contributed by atoms with Gasteiger partial charge in [0.2, 0.25) is 10.0 Å². The molecule has 0 bridgehead atoms. The number of aromatic nitrogens is 1. The molecule has 0 aromatic carbocycles. The van der Waals surface area contributed by atoms with Crippen molar-refractivity contribution in [1.29, 1.82) is 0 Å². The molecule has 0 saturated carbocycles. The van der Waals surface area contributed by atoms with Crippen LogP contribution >= 0.6 is 0 Å². The molecule has 3 rings (SSSR count). The van der Waals surface area contributed by atoms with Gasteiger partial charge in [0.25, 0.3) is 0 Å². The van der Waals surface area contributed by atoms with E-state index in [4.69, 9.17) is 4.74 Å². The molecular weight excluding hydrogens is 302 g/mol. The molecule has 122 valence electrons. The summed E-state index contributed by atoms with van der Waals surface area (Å²) in [5, 5.41) is 0. The average molecular weight is 325 g/mol. The first-order valence-corrected chi connectivity index (χ1v) is 9.49. The van der Waals surface area contributed by atoms with Gasteiger partial charge in [-0.1, -0.05) is 6.07 Å². The summed E-state index contributed by atoms with van der Waals surface area (Å²) in [5.74, 6) is 0. The number of nitrogens with zero attached hydrogens (tertiary/aromatic N) is 3. The van der Waals surface area contributed by atoms with Crippen LogP contribution in [0.5, 0.6) is 0 Å². The van der Waals surface area contributed by atoms with Crippen molar-refractivity contribution in [2.45, 2.75) is 37.6 Å². The van der Waals surface area contributed by atoms with Crippen LogP contribution < -0.4 is 0 Å². The molecule has 0 spiro atoms. The number of hydrogen-bond donors (Lipinski definition) is 0. The lowest BCUT2D eigenvalue weighted by molar-refractivity contribution is -0.0316. The molecule has 2 aliphatic heterocycles. The summed E-state index contributed by atoms with van der Waals surface area (Å²) in [6.45, 7) is 1.96. The minimum absolute atomic E-state index is 0.0231. The van der Waals surface area contributed by atoms with Gasteiger partial charge in [0.1, 0.15) is 0 Å². The van der Waals surface area contributed by atoms with E-state index in [2.05, 4.69) is 9.88 Å². The molecular formula is C15H23N3O3S. The first kappa shape index (κ1) is 15.9. The summed E-state index contributed by atoms with van der Waals surface area (Å²) in [5.41, 5.74) is 1.12. The Morgan fingerprint density at radius 2 is 2.32 bits per heavy atom. The summed E-state index contributed by atoms with van der Waals surface area (Å²) >= 11 is 0.